The zero-order chi connectivity index (χ0) is 24.5. The van der Waals surface area contributed by atoms with Gasteiger partial charge in [0.2, 0.25) is 0 Å². The Labute approximate surface area is 192 Å². The molecular weight excluding hydrogens is 454 g/mol. The van der Waals surface area contributed by atoms with E-state index in [-0.39, 0.29) is 24.6 Å². The second-order valence-corrected chi connectivity index (χ2v) is 7.96. The van der Waals surface area contributed by atoms with Crippen LogP contribution < -0.4 is 5.32 Å². The molecule has 4 aromatic rings. The molecular formula is C26H20F6N2. The van der Waals surface area contributed by atoms with Gasteiger partial charge in [-0.05, 0) is 60.9 Å². The average Bonchev–Trinajstić information content (AvgIpc) is 2.78. The van der Waals surface area contributed by atoms with Crippen molar-refractivity contribution in [1.82, 2.24) is 4.98 Å². The molecule has 176 valence electrons. The summed E-state index contributed by atoms with van der Waals surface area (Å²) in [5.41, 5.74) is 1.48. The van der Waals surface area contributed by atoms with E-state index in [4.69, 9.17) is 0 Å². The van der Waals surface area contributed by atoms with Gasteiger partial charge in [0, 0.05) is 28.9 Å². The molecule has 0 fully saturated rings. The number of aryl methyl sites for hydroxylation is 1. The highest BCUT2D eigenvalue weighted by molar-refractivity contribution is 6.01. The number of benzene rings is 3. The minimum atomic E-state index is -4.87. The van der Waals surface area contributed by atoms with Gasteiger partial charge in [0.15, 0.2) is 0 Å². The summed E-state index contributed by atoms with van der Waals surface area (Å²) >= 11 is 0. The summed E-state index contributed by atoms with van der Waals surface area (Å²) in [4.78, 5) is 4.56. The van der Waals surface area contributed by atoms with Crippen molar-refractivity contribution in [3.8, 4) is 11.1 Å². The van der Waals surface area contributed by atoms with Crippen LogP contribution in [0.15, 0.2) is 72.8 Å². The lowest BCUT2D eigenvalue weighted by Crippen LogP contribution is -2.13. The Bertz CT molecular complexity index is 1280. The fraction of sp³-hybridized carbons (Fsp3) is 0.192. The van der Waals surface area contributed by atoms with E-state index in [9.17, 15) is 26.3 Å². The molecule has 1 aromatic heterocycles. The number of nitrogens with one attached hydrogen (secondary N) is 1. The lowest BCUT2D eigenvalue weighted by atomic mass is 9.98. The molecule has 1 heterocycles. The van der Waals surface area contributed by atoms with Crippen molar-refractivity contribution in [3.63, 3.8) is 0 Å². The van der Waals surface area contributed by atoms with E-state index < -0.39 is 23.5 Å². The van der Waals surface area contributed by atoms with E-state index in [1.165, 1.54) is 0 Å². The van der Waals surface area contributed by atoms with E-state index in [2.05, 4.69) is 10.3 Å². The molecule has 0 spiro atoms. The number of pyridine rings is 1. The van der Waals surface area contributed by atoms with Crippen LogP contribution >= 0.6 is 0 Å². The highest BCUT2D eigenvalue weighted by Gasteiger charge is 2.36. The molecule has 0 aliphatic heterocycles. The fourth-order valence-corrected chi connectivity index (χ4v) is 3.87. The minimum Gasteiger partial charge on any atom is -0.384 e. The lowest BCUT2D eigenvalue weighted by Gasteiger charge is -2.17. The van der Waals surface area contributed by atoms with Crippen LogP contribution in [0.3, 0.4) is 0 Å². The highest BCUT2D eigenvalue weighted by atomic mass is 19.4. The van der Waals surface area contributed by atoms with Gasteiger partial charge in [0.05, 0.1) is 16.6 Å². The third-order valence-electron chi connectivity index (χ3n) is 5.45. The van der Waals surface area contributed by atoms with Crippen LogP contribution in [0.1, 0.15) is 22.4 Å². The smallest absolute Gasteiger partial charge is 0.384 e. The number of fused-ring (bicyclic) bond motifs is 1. The van der Waals surface area contributed by atoms with Crippen molar-refractivity contribution in [1.29, 1.82) is 0 Å². The third kappa shape index (κ3) is 5.16. The number of alkyl halides is 6. The predicted molar refractivity (Wildman–Crippen MR) is 121 cm³/mol. The molecule has 34 heavy (non-hydrogen) atoms. The summed E-state index contributed by atoms with van der Waals surface area (Å²) in [6.45, 7) is 2.03. The van der Waals surface area contributed by atoms with Crippen LogP contribution in [-0.2, 0) is 18.8 Å². The van der Waals surface area contributed by atoms with E-state index in [1.807, 2.05) is 61.5 Å². The molecule has 0 bridgehead atoms. The first-order valence-electron chi connectivity index (χ1n) is 10.5. The molecule has 2 nitrogen and oxygen atoms in total. The van der Waals surface area contributed by atoms with Crippen LogP contribution in [-0.4, -0.2) is 11.5 Å². The Hall–Kier alpha value is -3.55. The summed E-state index contributed by atoms with van der Waals surface area (Å²) in [6.07, 6.45) is -9.76. The van der Waals surface area contributed by atoms with Crippen LogP contribution in [0.25, 0.3) is 22.0 Å². The van der Waals surface area contributed by atoms with Gasteiger partial charge in [0.1, 0.15) is 0 Å². The van der Waals surface area contributed by atoms with Gasteiger partial charge in [0.25, 0.3) is 0 Å². The zero-order valence-corrected chi connectivity index (χ0v) is 18.1. The van der Waals surface area contributed by atoms with Gasteiger partial charge in [-0.25, -0.2) is 0 Å². The summed E-state index contributed by atoms with van der Waals surface area (Å²) in [5, 5.41) is 4.08. The first kappa shape index (κ1) is 23.6. The maximum Gasteiger partial charge on any atom is 0.416 e. The number of hydrogen-bond acceptors (Lipinski definition) is 2. The number of nitrogens with zero attached hydrogens (tertiary/aromatic N) is 1. The van der Waals surface area contributed by atoms with Crippen LogP contribution in [0, 0.1) is 6.92 Å². The molecule has 0 amide bonds. The Morgan fingerprint density at radius 1 is 0.765 bits per heavy atom. The maximum atomic E-state index is 13.2. The van der Waals surface area contributed by atoms with Gasteiger partial charge in [-0.2, -0.15) is 26.3 Å². The van der Waals surface area contributed by atoms with Gasteiger partial charge < -0.3 is 5.32 Å². The van der Waals surface area contributed by atoms with Crippen molar-refractivity contribution in [3.05, 3.63) is 95.2 Å². The van der Waals surface area contributed by atoms with Crippen molar-refractivity contribution < 1.29 is 26.3 Å². The molecule has 0 radical (unpaired) electrons. The number of aromatic nitrogens is 1. The molecule has 3 aromatic carbocycles. The normalized spacial score (nSPS) is 12.2. The first-order valence-corrected chi connectivity index (χ1v) is 10.5. The number of rotatable bonds is 5. The Kier molecular flexibility index (Phi) is 6.25. The monoisotopic (exact) mass is 474 g/mol. The topological polar surface area (TPSA) is 24.9 Å². The first-order chi connectivity index (χ1) is 16.0. The number of halogens is 6. The van der Waals surface area contributed by atoms with E-state index >= 15 is 0 Å². The van der Waals surface area contributed by atoms with Crippen LogP contribution in [0.2, 0.25) is 0 Å². The number of anilines is 1. The maximum absolute atomic E-state index is 13.2. The second-order valence-electron chi connectivity index (χ2n) is 7.96. The summed E-state index contributed by atoms with van der Waals surface area (Å²) in [6, 6.07) is 18.7. The summed E-state index contributed by atoms with van der Waals surface area (Å²) < 4.78 is 78.9. The second kappa shape index (κ2) is 9.00. The van der Waals surface area contributed by atoms with Gasteiger partial charge in [-0.1, -0.05) is 36.4 Å². The van der Waals surface area contributed by atoms with Crippen molar-refractivity contribution in [2.24, 2.45) is 0 Å². The van der Waals surface area contributed by atoms with Crippen molar-refractivity contribution in [2.75, 3.05) is 11.9 Å². The molecule has 0 saturated heterocycles. The molecule has 0 atom stereocenters. The van der Waals surface area contributed by atoms with Gasteiger partial charge in [-0.3, -0.25) is 4.98 Å². The highest BCUT2D eigenvalue weighted by Crippen LogP contribution is 2.37. The molecule has 4 rings (SSSR count). The van der Waals surface area contributed by atoms with Gasteiger partial charge >= 0.3 is 12.4 Å². The van der Waals surface area contributed by atoms with Crippen molar-refractivity contribution >= 4 is 16.6 Å². The Morgan fingerprint density at radius 2 is 1.41 bits per heavy atom. The lowest BCUT2D eigenvalue weighted by molar-refractivity contribution is -0.143. The molecule has 0 unspecified atom stereocenters. The minimum absolute atomic E-state index is 0.0224. The summed E-state index contributed by atoms with van der Waals surface area (Å²) in [5.74, 6) is 0. The predicted octanol–water partition coefficient (Wildman–Crippen LogP) is 7.90. The van der Waals surface area contributed by atoms with Crippen molar-refractivity contribution in [2.45, 2.75) is 25.7 Å². The average molecular weight is 474 g/mol. The van der Waals surface area contributed by atoms with E-state index in [0.717, 1.165) is 39.9 Å². The Balaban J connectivity index is 1.66. The molecule has 0 saturated carbocycles. The molecule has 0 aliphatic carbocycles. The molecule has 8 heteroatoms. The standard InChI is InChI=1S/C26H20F6N2/c1-16-7-8-21-22(34-16)9-10-23(24(21)18-5-3-2-4-6-18)33-12-11-17-13-19(25(27,28)29)15-20(14-17)26(30,31)32/h2-10,13-15,33H,11-12H2,1H3. The largest absolute Gasteiger partial charge is 0.416 e. The summed E-state index contributed by atoms with van der Waals surface area (Å²) in [7, 11) is 0. The third-order valence-corrected chi connectivity index (χ3v) is 5.45. The molecule has 0 aliphatic rings. The van der Waals surface area contributed by atoms with Crippen LogP contribution in [0.5, 0.6) is 0 Å². The zero-order valence-electron chi connectivity index (χ0n) is 18.1. The SMILES string of the molecule is Cc1ccc2c(-c3ccccc3)c(NCCc3cc(C(F)(F)F)cc(C(F)(F)F)c3)ccc2n1. The fourth-order valence-electron chi connectivity index (χ4n) is 3.87. The van der Waals surface area contributed by atoms with Gasteiger partial charge in [-0.15, -0.1) is 0 Å². The van der Waals surface area contributed by atoms with Crippen LogP contribution in [0.4, 0.5) is 32.0 Å². The quantitative estimate of drug-likeness (QED) is 0.298. The number of hydrogen-bond donors (Lipinski definition) is 1. The molecule has 1 N–H and O–H groups in total. The van der Waals surface area contributed by atoms with E-state index in [0.29, 0.717) is 5.69 Å². The Morgan fingerprint density at radius 3 is 2.03 bits per heavy atom. The van der Waals surface area contributed by atoms with E-state index in [1.54, 1.807) is 0 Å².